The van der Waals surface area contributed by atoms with E-state index in [1.54, 1.807) is 14.2 Å². The van der Waals surface area contributed by atoms with Crippen LogP contribution in [0.4, 0.5) is 0 Å². The Morgan fingerprint density at radius 3 is 2.50 bits per heavy atom. The molecule has 0 amide bonds. The molecule has 1 saturated carbocycles. The molecule has 0 aliphatic heterocycles. The molecule has 0 unspecified atom stereocenters. The van der Waals surface area contributed by atoms with E-state index in [1.165, 1.54) is 10.9 Å². The topological polar surface area (TPSA) is 18.5 Å². The summed E-state index contributed by atoms with van der Waals surface area (Å²) < 4.78 is 12.2. The largest absolute Gasteiger partial charge is 0.353 e. The van der Waals surface area contributed by atoms with Gasteiger partial charge in [0.05, 0.1) is 0 Å². The Kier molecular flexibility index (Phi) is 2.05. The summed E-state index contributed by atoms with van der Waals surface area (Å²) in [6, 6.07) is 0. The average molecular weight is 233 g/mol. The number of rotatable bonds is 2. The van der Waals surface area contributed by atoms with Crippen LogP contribution in [0.1, 0.15) is 12.8 Å². The zero-order valence-corrected chi connectivity index (χ0v) is 8.93. The van der Waals surface area contributed by atoms with Gasteiger partial charge >= 0.3 is 0 Å². The van der Waals surface area contributed by atoms with Crippen molar-refractivity contribution in [2.24, 2.45) is 11.8 Å². The molecule has 0 aromatic heterocycles. The van der Waals surface area contributed by atoms with E-state index in [-0.39, 0.29) is 5.79 Å². The van der Waals surface area contributed by atoms with Gasteiger partial charge in [-0.1, -0.05) is 22.0 Å². The monoisotopic (exact) mass is 232 g/mol. The van der Waals surface area contributed by atoms with E-state index < -0.39 is 0 Å². The van der Waals surface area contributed by atoms with Crippen molar-refractivity contribution in [3.8, 4) is 0 Å². The van der Waals surface area contributed by atoms with Crippen molar-refractivity contribution in [2.75, 3.05) is 14.2 Å². The minimum atomic E-state index is -0.349. The van der Waals surface area contributed by atoms with E-state index in [4.69, 9.17) is 9.47 Å². The molecule has 1 fully saturated rings. The molecule has 0 heterocycles. The van der Waals surface area contributed by atoms with Gasteiger partial charge in [-0.25, -0.2) is 0 Å². The summed E-state index contributed by atoms with van der Waals surface area (Å²) >= 11 is 3.55. The molecule has 0 N–H and O–H groups in total. The van der Waals surface area contributed by atoms with E-state index in [9.17, 15) is 0 Å². The number of hydrogen-bond donors (Lipinski definition) is 0. The van der Waals surface area contributed by atoms with Gasteiger partial charge in [-0.15, -0.1) is 0 Å². The molecular formula is C9H13BrO2. The molecule has 0 saturated heterocycles. The van der Waals surface area contributed by atoms with Gasteiger partial charge in [-0.05, 0) is 16.8 Å². The second-order valence-electron chi connectivity index (χ2n) is 3.52. The van der Waals surface area contributed by atoms with Gasteiger partial charge in [0.15, 0.2) is 5.79 Å². The third-order valence-electron chi connectivity index (χ3n) is 3.03. The quantitative estimate of drug-likeness (QED) is 0.681. The van der Waals surface area contributed by atoms with Crippen molar-refractivity contribution in [3.05, 3.63) is 10.6 Å². The second kappa shape index (κ2) is 2.82. The average Bonchev–Trinajstić information content (AvgIpc) is 2.60. The molecule has 12 heavy (non-hydrogen) atoms. The third kappa shape index (κ3) is 0.998. The molecule has 0 radical (unpaired) electrons. The Bertz CT molecular complexity index is 221. The maximum absolute atomic E-state index is 5.46. The fourth-order valence-electron chi connectivity index (χ4n) is 2.40. The second-order valence-corrected chi connectivity index (χ2v) is 4.44. The van der Waals surface area contributed by atoms with E-state index in [0.29, 0.717) is 11.8 Å². The van der Waals surface area contributed by atoms with Crippen LogP contribution in [0.15, 0.2) is 10.6 Å². The van der Waals surface area contributed by atoms with Crippen LogP contribution in [0.25, 0.3) is 0 Å². The van der Waals surface area contributed by atoms with Crippen molar-refractivity contribution in [1.29, 1.82) is 0 Å². The van der Waals surface area contributed by atoms with Crippen molar-refractivity contribution in [1.82, 2.24) is 0 Å². The van der Waals surface area contributed by atoms with Crippen LogP contribution in [-0.2, 0) is 9.47 Å². The van der Waals surface area contributed by atoms with Gasteiger partial charge in [-0.3, -0.25) is 0 Å². The summed E-state index contributed by atoms with van der Waals surface area (Å²) in [6.07, 6.45) is 4.45. The highest BCUT2D eigenvalue weighted by atomic mass is 79.9. The normalized spacial score (nSPS) is 37.1. The number of fused-ring (bicyclic) bond motifs is 2. The molecule has 2 aliphatic carbocycles. The summed E-state index contributed by atoms with van der Waals surface area (Å²) in [4.78, 5) is 0. The van der Waals surface area contributed by atoms with Crippen LogP contribution in [-0.4, -0.2) is 20.0 Å². The van der Waals surface area contributed by atoms with Gasteiger partial charge in [-0.2, -0.15) is 0 Å². The number of halogens is 1. The first-order valence-corrected chi connectivity index (χ1v) is 4.98. The maximum atomic E-state index is 5.46. The fourth-order valence-corrected chi connectivity index (χ4v) is 3.31. The SMILES string of the molecule is COC1(OC)C[C@H]2C=C(Br)[C@@H]1C2. The molecule has 2 rings (SSSR count). The summed E-state index contributed by atoms with van der Waals surface area (Å²) in [6.45, 7) is 0. The summed E-state index contributed by atoms with van der Waals surface area (Å²) in [5, 5.41) is 0. The van der Waals surface area contributed by atoms with Gasteiger partial charge in [0.1, 0.15) is 0 Å². The Hall–Kier alpha value is 0.140. The van der Waals surface area contributed by atoms with Gasteiger partial charge in [0.2, 0.25) is 0 Å². The molecule has 2 nitrogen and oxygen atoms in total. The lowest BCUT2D eigenvalue weighted by molar-refractivity contribution is -0.221. The van der Waals surface area contributed by atoms with Gasteiger partial charge < -0.3 is 9.47 Å². The molecule has 2 atom stereocenters. The highest BCUT2D eigenvalue weighted by Crippen LogP contribution is 2.53. The minimum absolute atomic E-state index is 0.349. The molecule has 68 valence electrons. The van der Waals surface area contributed by atoms with Crippen LogP contribution in [0.2, 0.25) is 0 Å². The van der Waals surface area contributed by atoms with Gasteiger partial charge in [0.25, 0.3) is 0 Å². The predicted octanol–water partition coefficient (Wildman–Crippen LogP) is 2.29. The van der Waals surface area contributed by atoms with Crippen LogP contribution in [0.5, 0.6) is 0 Å². The predicted molar refractivity (Wildman–Crippen MR) is 50.0 cm³/mol. The highest BCUT2D eigenvalue weighted by molar-refractivity contribution is 9.11. The smallest absolute Gasteiger partial charge is 0.175 e. The number of hydrogen-bond acceptors (Lipinski definition) is 2. The first-order chi connectivity index (χ1) is 5.72. The van der Waals surface area contributed by atoms with Gasteiger partial charge in [0, 0.05) is 26.6 Å². The molecule has 0 aromatic rings. The van der Waals surface area contributed by atoms with Crippen molar-refractivity contribution in [2.45, 2.75) is 18.6 Å². The molecule has 3 heteroatoms. The Morgan fingerprint density at radius 1 is 1.50 bits per heavy atom. The van der Waals surface area contributed by atoms with E-state index >= 15 is 0 Å². The van der Waals surface area contributed by atoms with Crippen molar-refractivity contribution in [3.63, 3.8) is 0 Å². The summed E-state index contributed by atoms with van der Waals surface area (Å²) in [5.74, 6) is 0.708. The van der Waals surface area contributed by atoms with E-state index in [1.807, 2.05) is 0 Å². The van der Waals surface area contributed by atoms with Crippen molar-refractivity contribution < 1.29 is 9.47 Å². The minimum Gasteiger partial charge on any atom is -0.353 e. The molecule has 0 spiro atoms. The number of ether oxygens (including phenoxy) is 2. The zero-order chi connectivity index (χ0) is 8.77. The Balaban J connectivity index is 2.27. The summed E-state index contributed by atoms with van der Waals surface area (Å²) in [7, 11) is 3.45. The number of methoxy groups -OCH3 is 2. The van der Waals surface area contributed by atoms with Crippen LogP contribution in [0.3, 0.4) is 0 Å². The molecule has 0 aromatic carbocycles. The Labute approximate surface area is 81.1 Å². The molecule has 2 aliphatic rings. The highest BCUT2D eigenvalue weighted by Gasteiger charge is 2.52. The van der Waals surface area contributed by atoms with Crippen molar-refractivity contribution >= 4 is 15.9 Å². The Morgan fingerprint density at radius 2 is 2.17 bits per heavy atom. The maximum Gasteiger partial charge on any atom is 0.175 e. The fraction of sp³-hybridized carbons (Fsp3) is 0.778. The van der Waals surface area contributed by atoms with Crippen LogP contribution < -0.4 is 0 Å². The standard InChI is InChI=1S/C9H13BrO2/c1-11-9(12-2)5-6-3-7(9)8(10)4-6/h4,6-7H,3,5H2,1-2H3/t6-,7+/m1/s1. The van der Waals surface area contributed by atoms with Crippen LogP contribution in [0, 0.1) is 11.8 Å². The first-order valence-electron chi connectivity index (χ1n) is 4.19. The lowest BCUT2D eigenvalue weighted by Gasteiger charge is -2.33. The first kappa shape index (κ1) is 8.73. The number of allylic oxidation sites excluding steroid dienone is 1. The molecular weight excluding hydrogens is 220 g/mol. The van der Waals surface area contributed by atoms with Crippen LogP contribution >= 0.6 is 15.9 Å². The van der Waals surface area contributed by atoms with E-state index in [2.05, 4.69) is 22.0 Å². The zero-order valence-electron chi connectivity index (χ0n) is 7.34. The summed E-state index contributed by atoms with van der Waals surface area (Å²) in [5.41, 5.74) is 0. The van der Waals surface area contributed by atoms with E-state index in [0.717, 1.165) is 6.42 Å². The third-order valence-corrected chi connectivity index (χ3v) is 3.85. The lowest BCUT2D eigenvalue weighted by atomic mass is 10.00. The molecule has 2 bridgehead atoms. The lowest BCUT2D eigenvalue weighted by Crippen LogP contribution is -2.39.